The van der Waals surface area contributed by atoms with E-state index < -0.39 is 10.0 Å². The Bertz CT molecular complexity index is 439. The highest BCUT2D eigenvalue weighted by molar-refractivity contribution is 7.89. The number of likely N-dealkylation sites (N-methyl/N-ethyl adjacent to an activating group) is 1. The van der Waals surface area contributed by atoms with Crippen LogP contribution in [0.2, 0.25) is 0 Å². The third-order valence-electron chi connectivity index (χ3n) is 5.39. The van der Waals surface area contributed by atoms with Crippen molar-refractivity contribution in [3.05, 3.63) is 0 Å². The van der Waals surface area contributed by atoms with Crippen molar-refractivity contribution in [2.24, 2.45) is 5.92 Å². The van der Waals surface area contributed by atoms with Gasteiger partial charge < -0.3 is 9.80 Å². The maximum atomic E-state index is 13.1. The smallest absolute Gasteiger partial charge is 0.214 e. The number of hydrogen-bond acceptors (Lipinski definition) is 4. The van der Waals surface area contributed by atoms with Crippen molar-refractivity contribution < 1.29 is 8.42 Å². The van der Waals surface area contributed by atoms with Crippen LogP contribution in [-0.4, -0.2) is 81.6 Å². The van der Waals surface area contributed by atoms with E-state index in [0.717, 1.165) is 45.3 Å². The first-order chi connectivity index (χ1) is 10.9. The summed E-state index contributed by atoms with van der Waals surface area (Å²) in [5.74, 6) is 0.745. The highest BCUT2D eigenvalue weighted by Gasteiger charge is 2.33. The lowest BCUT2D eigenvalue weighted by atomic mass is 9.91. The van der Waals surface area contributed by atoms with Crippen LogP contribution in [0.25, 0.3) is 0 Å². The van der Waals surface area contributed by atoms with Gasteiger partial charge in [0.05, 0.1) is 5.75 Å². The van der Waals surface area contributed by atoms with E-state index in [-0.39, 0.29) is 6.04 Å². The lowest BCUT2D eigenvalue weighted by Crippen LogP contribution is -2.49. The molecule has 23 heavy (non-hydrogen) atoms. The molecule has 0 atom stereocenters. The molecule has 1 aliphatic heterocycles. The Balaban J connectivity index is 2.03. The Morgan fingerprint density at radius 3 is 2.13 bits per heavy atom. The average molecular weight is 346 g/mol. The molecule has 1 saturated carbocycles. The minimum Gasteiger partial charge on any atom is -0.308 e. The van der Waals surface area contributed by atoms with E-state index in [1.807, 2.05) is 18.4 Å². The molecule has 6 heteroatoms. The second-order valence-electron chi connectivity index (χ2n) is 7.73. The molecule has 136 valence electrons. The van der Waals surface area contributed by atoms with Gasteiger partial charge in [-0.2, -0.15) is 4.31 Å². The third-order valence-corrected chi connectivity index (χ3v) is 7.48. The highest BCUT2D eigenvalue weighted by Crippen LogP contribution is 2.27. The molecular formula is C17H35N3O2S. The van der Waals surface area contributed by atoms with Crippen molar-refractivity contribution >= 4 is 10.0 Å². The van der Waals surface area contributed by atoms with Crippen molar-refractivity contribution in [2.75, 3.05) is 53.1 Å². The first-order valence-electron chi connectivity index (χ1n) is 9.21. The molecule has 0 unspecified atom stereocenters. The minimum atomic E-state index is -3.15. The predicted octanol–water partition coefficient (Wildman–Crippen LogP) is 1.85. The molecule has 1 heterocycles. The van der Waals surface area contributed by atoms with Crippen LogP contribution < -0.4 is 0 Å². The van der Waals surface area contributed by atoms with Crippen molar-refractivity contribution in [1.29, 1.82) is 0 Å². The third kappa shape index (κ3) is 6.00. The first kappa shape index (κ1) is 19.2. The topological polar surface area (TPSA) is 43.9 Å². The SMILES string of the molecule is CN(C)CCN(C1CCN(C)CC1)S(=O)(=O)CC1CCCCC1. The van der Waals surface area contributed by atoms with Gasteiger partial charge in [0.1, 0.15) is 0 Å². The molecule has 0 amide bonds. The molecular weight excluding hydrogens is 310 g/mol. The average Bonchev–Trinajstić information content (AvgIpc) is 2.49. The number of hydrogen-bond donors (Lipinski definition) is 0. The Kier molecular flexibility index (Phi) is 7.32. The van der Waals surface area contributed by atoms with Crippen molar-refractivity contribution in [2.45, 2.75) is 51.0 Å². The summed E-state index contributed by atoms with van der Waals surface area (Å²) >= 11 is 0. The van der Waals surface area contributed by atoms with E-state index in [9.17, 15) is 8.42 Å². The largest absolute Gasteiger partial charge is 0.308 e. The van der Waals surface area contributed by atoms with E-state index in [2.05, 4.69) is 16.8 Å². The predicted molar refractivity (Wildman–Crippen MR) is 96.1 cm³/mol. The summed E-state index contributed by atoms with van der Waals surface area (Å²) in [7, 11) is 3.00. The molecule has 0 aromatic carbocycles. The molecule has 0 N–H and O–H groups in total. The molecule has 2 aliphatic rings. The van der Waals surface area contributed by atoms with Gasteiger partial charge in [0.2, 0.25) is 10.0 Å². The molecule has 5 nitrogen and oxygen atoms in total. The van der Waals surface area contributed by atoms with E-state index in [1.54, 1.807) is 0 Å². The normalized spacial score (nSPS) is 23.0. The van der Waals surface area contributed by atoms with Gasteiger partial charge in [-0.3, -0.25) is 0 Å². The van der Waals surface area contributed by atoms with Crippen LogP contribution in [0.4, 0.5) is 0 Å². The molecule has 0 radical (unpaired) electrons. The van der Waals surface area contributed by atoms with Gasteiger partial charge in [0.25, 0.3) is 0 Å². The van der Waals surface area contributed by atoms with Gasteiger partial charge in [-0.15, -0.1) is 0 Å². The molecule has 2 fully saturated rings. The summed E-state index contributed by atoms with van der Waals surface area (Å²) in [6.07, 6.45) is 7.79. The fraction of sp³-hybridized carbons (Fsp3) is 1.00. The van der Waals surface area contributed by atoms with E-state index in [4.69, 9.17) is 0 Å². The zero-order valence-corrected chi connectivity index (χ0v) is 16.0. The van der Waals surface area contributed by atoms with Crippen molar-refractivity contribution in [3.8, 4) is 0 Å². The summed E-state index contributed by atoms with van der Waals surface area (Å²) in [6.45, 7) is 3.44. The zero-order valence-electron chi connectivity index (χ0n) is 15.2. The standard InChI is InChI=1S/C17H35N3O2S/c1-18(2)13-14-20(17-9-11-19(3)12-10-17)23(21,22)15-16-7-5-4-6-8-16/h16-17H,4-15H2,1-3H3. The van der Waals surface area contributed by atoms with Crippen LogP contribution >= 0.6 is 0 Å². The summed E-state index contributed by atoms with van der Waals surface area (Å²) < 4.78 is 28.0. The number of likely N-dealkylation sites (tertiary alicyclic amines) is 1. The summed E-state index contributed by atoms with van der Waals surface area (Å²) in [5.41, 5.74) is 0. The van der Waals surface area contributed by atoms with E-state index >= 15 is 0 Å². The molecule has 0 spiro atoms. The van der Waals surface area contributed by atoms with Gasteiger partial charge in [0.15, 0.2) is 0 Å². The first-order valence-corrected chi connectivity index (χ1v) is 10.8. The molecule has 1 aliphatic carbocycles. The quantitative estimate of drug-likeness (QED) is 0.706. The van der Waals surface area contributed by atoms with Crippen LogP contribution in [-0.2, 0) is 10.0 Å². The Labute approximate surface area is 143 Å². The van der Waals surface area contributed by atoms with E-state index in [0.29, 0.717) is 18.2 Å². The lowest BCUT2D eigenvalue weighted by Gasteiger charge is -2.38. The summed E-state index contributed by atoms with van der Waals surface area (Å²) in [4.78, 5) is 4.38. The van der Waals surface area contributed by atoms with Crippen LogP contribution in [0.3, 0.4) is 0 Å². The number of rotatable bonds is 7. The van der Waals surface area contributed by atoms with Gasteiger partial charge in [-0.1, -0.05) is 19.3 Å². The van der Waals surface area contributed by atoms with Crippen LogP contribution in [0.1, 0.15) is 44.9 Å². The monoisotopic (exact) mass is 345 g/mol. The Hall–Kier alpha value is -0.170. The Morgan fingerprint density at radius 2 is 1.57 bits per heavy atom. The number of sulfonamides is 1. The van der Waals surface area contributed by atoms with E-state index in [1.165, 1.54) is 19.3 Å². The maximum absolute atomic E-state index is 13.1. The van der Waals surface area contributed by atoms with Crippen molar-refractivity contribution in [3.63, 3.8) is 0 Å². The fourth-order valence-electron chi connectivity index (χ4n) is 3.88. The molecule has 2 rings (SSSR count). The molecule has 0 aromatic rings. The molecule has 1 saturated heterocycles. The molecule has 0 aromatic heterocycles. The highest BCUT2D eigenvalue weighted by atomic mass is 32.2. The van der Waals surface area contributed by atoms with Gasteiger partial charge in [0, 0.05) is 19.1 Å². The summed E-state index contributed by atoms with van der Waals surface area (Å²) in [5, 5.41) is 0. The lowest BCUT2D eigenvalue weighted by molar-refractivity contribution is 0.175. The van der Waals surface area contributed by atoms with Crippen LogP contribution in [0.15, 0.2) is 0 Å². The van der Waals surface area contributed by atoms with Gasteiger partial charge in [-0.05, 0) is 65.8 Å². The number of piperidine rings is 1. The second kappa shape index (κ2) is 8.79. The van der Waals surface area contributed by atoms with Crippen molar-refractivity contribution in [1.82, 2.24) is 14.1 Å². The zero-order chi connectivity index (χ0) is 16.9. The summed E-state index contributed by atoms with van der Waals surface area (Å²) in [6, 6.07) is 0.194. The van der Waals surface area contributed by atoms with Gasteiger partial charge >= 0.3 is 0 Å². The maximum Gasteiger partial charge on any atom is 0.214 e. The molecule has 0 bridgehead atoms. The number of nitrogens with zero attached hydrogens (tertiary/aromatic N) is 3. The van der Waals surface area contributed by atoms with Crippen LogP contribution in [0, 0.1) is 5.92 Å². The second-order valence-corrected chi connectivity index (χ2v) is 9.70. The minimum absolute atomic E-state index is 0.194. The fourth-order valence-corrected chi connectivity index (χ4v) is 6.02. The van der Waals surface area contributed by atoms with Gasteiger partial charge in [-0.25, -0.2) is 8.42 Å². The Morgan fingerprint density at radius 1 is 0.957 bits per heavy atom. The van der Waals surface area contributed by atoms with Crippen LogP contribution in [0.5, 0.6) is 0 Å².